The number of benzene rings is 1. The van der Waals surface area contributed by atoms with Gasteiger partial charge < -0.3 is 24.5 Å². The van der Waals surface area contributed by atoms with Gasteiger partial charge in [0, 0.05) is 25.7 Å². The molecular formula is C20H23N3O5S. The number of rotatable bonds is 7. The number of aryl methyl sites for hydroxylation is 2. The number of ether oxygens (including phenoxy) is 1. The molecule has 0 radical (unpaired) electrons. The van der Waals surface area contributed by atoms with Gasteiger partial charge in [-0.1, -0.05) is 0 Å². The average molecular weight is 417 g/mol. The maximum absolute atomic E-state index is 12.8. The third-order valence-corrected chi connectivity index (χ3v) is 5.23. The van der Waals surface area contributed by atoms with Crippen LogP contribution in [0.5, 0.6) is 5.75 Å². The van der Waals surface area contributed by atoms with E-state index in [1.807, 2.05) is 6.92 Å². The van der Waals surface area contributed by atoms with Crippen molar-refractivity contribution in [3.8, 4) is 5.75 Å². The largest absolute Gasteiger partial charge is 0.488 e. The molecule has 0 saturated carbocycles. The second-order valence-electron chi connectivity index (χ2n) is 6.77. The van der Waals surface area contributed by atoms with E-state index in [1.165, 1.54) is 4.90 Å². The van der Waals surface area contributed by atoms with E-state index in [1.54, 1.807) is 56.8 Å². The lowest BCUT2D eigenvalue weighted by Gasteiger charge is -2.19. The zero-order valence-electron chi connectivity index (χ0n) is 16.7. The first-order valence-corrected chi connectivity index (χ1v) is 9.82. The van der Waals surface area contributed by atoms with E-state index >= 15 is 0 Å². The van der Waals surface area contributed by atoms with Gasteiger partial charge in [-0.25, -0.2) is 4.98 Å². The van der Waals surface area contributed by atoms with E-state index in [-0.39, 0.29) is 0 Å². The molecule has 0 aliphatic carbocycles. The summed E-state index contributed by atoms with van der Waals surface area (Å²) in [5, 5.41) is 13.6. The zero-order valence-corrected chi connectivity index (χ0v) is 17.5. The van der Waals surface area contributed by atoms with E-state index in [0.29, 0.717) is 34.6 Å². The number of aliphatic hydroxyl groups excluding tert-OH is 1. The predicted molar refractivity (Wildman–Crippen MR) is 109 cm³/mol. The summed E-state index contributed by atoms with van der Waals surface area (Å²) in [6.45, 7) is 3.48. The number of fused-ring (bicyclic) bond motifs is 1. The molecule has 0 aliphatic rings. The van der Waals surface area contributed by atoms with Crippen LogP contribution in [0, 0.1) is 13.8 Å². The standard InChI is InChI=1S/C20H23N3O5S/c1-11-18(19(25)22-16(9-24)20(26)23(3)4)15-7-13(5-6-17(15)28-11)27-10-14-8-21-12(2)29-14/h5-8,16,24H,9-10H2,1-4H3,(H,22,25)/t16-/m0/s1. The van der Waals surface area contributed by atoms with Gasteiger partial charge in [-0.05, 0) is 32.0 Å². The fourth-order valence-corrected chi connectivity index (χ4v) is 3.63. The van der Waals surface area contributed by atoms with E-state index < -0.39 is 24.5 Å². The third-order valence-electron chi connectivity index (χ3n) is 4.34. The lowest BCUT2D eigenvalue weighted by molar-refractivity contribution is -0.131. The van der Waals surface area contributed by atoms with Gasteiger partial charge >= 0.3 is 0 Å². The van der Waals surface area contributed by atoms with Crippen LogP contribution in [-0.4, -0.2) is 53.5 Å². The van der Waals surface area contributed by atoms with Gasteiger partial charge in [0.25, 0.3) is 5.91 Å². The molecule has 0 spiro atoms. The summed E-state index contributed by atoms with van der Waals surface area (Å²) in [6, 6.07) is 4.21. The summed E-state index contributed by atoms with van der Waals surface area (Å²) in [4.78, 5) is 31.4. The van der Waals surface area contributed by atoms with Crippen LogP contribution in [-0.2, 0) is 11.4 Å². The Morgan fingerprint density at radius 1 is 1.34 bits per heavy atom. The molecule has 9 heteroatoms. The number of hydrogen-bond acceptors (Lipinski definition) is 7. The molecule has 29 heavy (non-hydrogen) atoms. The second-order valence-corrected chi connectivity index (χ2v) is 8.09. The summed E-state index contributed by atoms with van der Waals surface area (Å²) in [7, 11) is 3.12. The van der Waals surface area contributed by atoms with Crippen LogP contribution in [0.1, 0.15) is 26.0 Å². The van der Waals surface area contributed by atoms with Crippen LogP contribution in [0.4, 0.5) is 0 Å². The maximum Gasteiger partial charge on any atom is 0.256 e. The van der Waals surface area contributed by atoms with Crippen LogP contribution in [0.25, 0.3) is 11.0 Å². The smallest absolute Gasteiger partial charge is 0.256 e. The third kappa shape index (κ3) is 4.57. The maximum atomic E-state index is 12.8. The SMILES string of the molecule is Cc1ncc(COc2ccc3oc(C)c(C(=O)N[C@@H](CO)C(=O)N(C)C)c3c2)s1. The van der Waals surface area contributed by atoms with Crippen molar-refractivity contribution in [3.05, 3.63) is 45.6 Å². The lowest BCUT2D eigenvalue weighted by Crippen LogP contribution is -2.48. The van der Waals surface area contributed by atoms with Crippen LogP contribution in [0.3, 0.4) is 0 Å². The van der Waals surface area contributed by atoms with E-state index in [9.17, 15) is 14.7 Å². The Hall–Kier alpha value is -2.91. The molecule has 1 atom stereocenters. The Balaban J connectivity index is 1.84. The van der Waals surface area contributed by atoms with Crippen molar-refractivity contribution in [3.63, 3.8) is 0 Å². The lowest BCUT2D eigenvalue weighted by atomic mass is 10.1. The number of furan rings is 1. The summed E-state index contributed by atoms with van der Waals surface area (Å²) in [5.41, 5.74) is 0.845. The van der Waals surface area contributed by atoms with Crippen molar-refractivity contribution in [2.45, 2.75) is 26.5 Å². The Morgan fingerprint density at radius 3 is 2.72 bits per heavy atom. The minimum atomic E-state index is -1.03. The van der Waals surface area contributed by atoms with Gasteiger partial charge in [0.1, 0.15) is 29.7 Å². The molecule has 2 aromatic heterocycles. The number of carbonyl (C=O) groups excluding carboxylic acids is 2. The topological polar surface area (TPSA) is 105 Å². The van der Waals surface area contributed by atoms with Crippen molar-refractivity contribution >= 4 is 34.1 Å². The molecular weight excluding hydrogens is 394 g/mol. The summed E-state index contributed by atoms with van der Waals surface area (Å²) < 4.78 is 11.5. The number of amides is 2. The molecule has 3 aromatic rings. The number of nitrogens with zero attached hydrogens (tertiary/aromatic N) is 2. The molecule has 2 N–H and O–H groups in total. The Kier molecular flexibility index (Phi) is 6.19. The fraction of sp³-hybridized carbons (Fsp3) is 0.350. The second kappa shape index (κ2) is 8.62. The average Bonchev–Trinajstić information content (AvgIpc) is 3.25. The molecule has 8 nitrogen and oxygen atoms in total. The molecule has 0 unspecified atom stereocenters. The predicted octanol–water partition coefficient (Wildman–Crippen LogP) is 2.26. The Bertz CT molecular complexity index is 1040. The first kappa shape index (κ1) is 20.8. The highest BCUT2D eigenvalue weighted by molar-refractivity contribution is 7.11. The number of aliphatic hydroxyl groups is 1. The van der Waals surface area contributed by atoms with Gasteiger partial charge in [0.15, 0.2) is 0 Å². The normalized spacial score (nSPS) is 12.0. The molecule has 0 bridgehead atoms. The Labute approximate surface area is 172 Å². The van der Waals surface area contributed by atoms with Gasteiger partial charge in [0.2, 0.25) is 5.91 Å². The molecule has 154 valence electrons. The van der Waals surface area contributed by atoms with Crippen molar-refractivity contribution in [2.24, 2.45) is 0 Å². The molecule has 1 aromatic carbocycles. The molecule has 2 heterocycles. The van der Waals surface area contributed by atoms with E-state index in [2.05, 4.69) is 10.3 Å². The number of hydrogen-bond donors (Lipinski definition) is 2. The van der Waals surface area contributed by atoms with Crippen LogP contribution in [0.2, 0.25) is 0 Å². The van der Waals surface area contributed by atoms with Gasteiger partial charge in [-0.15, -0.1) is 11.3 Å². The van der Waals surface area contributed by atoms with Crippen LogP contribution < -0.4 is 10.1 Å². The fourth-order valence-electron chi connectivity index (χ4n) is 2.93. The van der Waals surface area contributed by atoms with Crippen LogP contribution >= 0.6 is 11.3 Å². The monoisotopic (exact) mass is 417 g/mol. The van der Waals surface area contributed by atoms with Crippen molar-refractivity contribution < 1.29 is 23.8 Å². The first-order chi connectivity index (χ1) is 13.8. The van der Waals surface area contributed by atoms with Crippen molar-refractivity contribution in [1.29, 1.82) is 0 Å². The van der Waals surface area contributed by atoms with Crippen LogP contribution in [0.15, 0.2) is 28.8 Å². The zero-order chi connectivity index (χ0) is 21.1. The Morgan fingerprint density at radius 2 is 2.10 bits per heavy atom. The van der Waals surface area contributed by atoms with Gasteiger partial charge in [0.05, 0.1) is 22.1 Å². The molecule has 0 saturated heterocycles. The minimum absolute atomic E-state index is 0.309. The first-order valence-electron chi connectivity index (χ1n) is 9.00. The number of thiazole rings is 1. The summed E-state index contributed by atoms with van der Waals surface area (Å²) in [5.74, 6) is 0.115. The number of carbonyl (C=O) groups is 2. The van der Waals surface area contributed by atoms with Crippen molar-refractivity contribution in [1.82, 2.24) is 15.2 Å². The van der Waals surface area contributed by atoms with Crippen molar-refractivity contribution in [2.75, 3.05) is 20.7 Å². The van der Waals surface area contributed by atoms with E-state index in [4.69, 9.17) is 9.15 Å². The highest BCUT2D eigenvalue weighted by Gasteiger charge is 2.25. The molecule has 0 fully saturated rings. The summed E-state index contributed by atoms with van der Waals surface area (Å²) >= 11 is 1.56. The number of likely N-dealkylation sites (N-methyl/N-ethyl adjacent to an activating group) is 1. The molecule has 3 rings (SSSR count). The van der Waals surface area contributed by atoms with Gasteiger partial charge in [-0.3, -0.25) is 9.59 Å². The van der Waals surface area contributed by atoms with E-state index in [0.717, 1.165) is 9.88 Å². The highest BCUT2D eigenvalue weighted by atomic mass is 32.1. The minimum Gasteiger partial charge on any atom is -0.488 e. The highest BCUT2D eigenvalue weighted by Crippen LogP contribution is 2.29. The van der Waals surface area contributed by atoms with Gasteiger partial charge in [-0.2, -0.15) is 0 Å². The summed E-state index contributed by atoms with van der Waals surface area (Å²) in [6.07, 6.45) is 1.77. The number of aromatic nitrogens is 1. The molecule has 0 aliphatic heterocycles. The number of nitrogens with one attached hydrogen (secondary N) is 1. The quantitative estimate of drug-likeness (QED) is 0.611. The molecule has 2 amide bonds.